The van der Waals surface area contributed by atoms with Gasteiger partial charge in [-0.15, -0.1) is 0 Å². The minimum Gasteiger partial charge on any atom is -0.397 e. The third-order valence-electron chi connectivity index (χ3n) is 2.18. The largest absolute Gasteiger partial charge is 0.397 e. The van der Waals surface area contributed by atoms with Crippen molar-refractivity contribution in [2.45, 2.75) is 12.3 Å². The molecule has 0 saturated carbocycles. The third-order valence-corrected chi connectivity index (χ3v) is 3.34. The average Bonchev–Trinajstić information content (AvgIpc) is 2.56. The van der Waals surface area contributed by atoms with Crippen molar-refractivity contribution in [3.63, 3.8) is 0 Å². The number of hydrogen-bond donors (Lipinski definition) is 1. The maximum atomic E-state index is 5.66. The molecule has 0 bridgehead atoms. The van der Waals surface area contributed by atoms with Gasteiger partial charge in [0.15, 0.2) is 0 Å². The number of anilines is 1. The standard InChI is InChI=1S/C9H12N2S/c10-9-3-8(4-11-5-9)7-1-2-12-6-7/h3-5,7H,1-2,6,10H2. The van der Waals surface area contributed by atoms with E-state index >= 15 is 0 Å². The molecule has 0 radical (unpaired) electrons. The normalized spacial score (nSPS) is 22.8. The van der Waals surface area contributed by atoms with Crippen LogP contribution in [0.2, 0.25) is 0 Å². The van der Waals surface area contributed by atoms with E-state index in [1.807, 2.05) is 24.0 Å². The molecule has 1 aliphatic heterocycles. The van der Waals surface area contributed by atoms with Gasteiger partial charge in [0.1, 0.15) is 0 Å². The van der Waals surface area contributed by atoms with E-state index in [9.17, 15) is 0 Å². The van der Waals surface area contributed by atoms with Gasteiger partial charge in [-0.3, -0.25) is 4.98 Å². The predicted molar refractivity (Wildman–Crippen MR) is 53.3 cm³/mol. The Labute approximate surface area is 76.6 Å². The number of nitrogens with two attached hydrogens (primary N) is 1. The van der Waals surface area contributed by atoms with E-state index in [0.717, 1.165) is 5.69 Å². The Bertz CT molecular complexity index is 269. The molecule has 64 valence electrons. The summed E-state index contributed by atoms with van der Waals surface area (Å²) >= 11 is 2.01. The minimum absolute atomic E-state index is 0.686. The van der Waals surface area contributed by atoms with Gasteiger partial charge in [-0.1, -0.05) is 0 Å². The molecule has 1 aliphatic rings. The average molecular weight is 180 g/mol. The van der Waals surface area contributed by atoms with E-state index in [1.165, 1.54) is 23.5 Å². The summed E-state index contributed by atoms with van der Waals surface area (Å²) in [6, 6.07) is 2.05. The monoisotopic (exact) mass is 180 g/mol. The molecule has 0 aliphatic carbocycles. The van der Waals surface area contributed by atoms with Crippen molar-refractivity contribution in [3.8, 4) is 0 Å². The van der Waals surface area contributed by atoms with E-state index in [-0.39, 0.29) is 0 Å². The molecule has 1 aromatic heterocycles. The highest BCUT2D eigenvalue weighted by Crippen LogP contribution is 2.32. The lowest BCUT2D eigenvalue weighted by molar-refractivity contribution is 0.778. The van der Waals surface area contributed by atoms with Crippen LogP contribution < -0.4 is 5.73 Å². The van der Waals surface area contributed by atoms with Crippen LogP contribution in [0.5, 0.6) is 0 Å². The maximum absolute atomic E-state index is 5.66. The molecule has 2 heterocycles. The van der Waals surface area contributed by atoms with E-state index < -0.39 is 0 Å². The van der Waals surface area contributed by atoms with Crippen LogP contribution in [-0.2, 0) is 0 Å². The van der Waals surface area contributed by atoms with Crippen LogP contribution in [0.3, 0.4) is 0 Å². The molecule has 1 saturated heterocycles. The highest BCUT2D eigenvalue weighted by Gasteiger charge is 2.17. The second kappa shape index (κ2) is 3.35. The Kier molecular flexibility index (Phi) is 2.21. The summed E-state index contributed by atoms with van der Waals surface area (Å²) < 4.78 is 0. The number of rotatable bonds is 1. The van der Waals surface area contributed by atoms with Crippen molar-refractivity contribution in [3.05, 3.63) is 24.0 Å². The molecule has 2 rings (SSSR count). The molecule has 1 fully saturated rings. The lowest BCUT2D eigenvalue weighted by Gasteiger charge is -2.07. The van der Waals surface area contributed by atoms with E-state index in [0.29, 0.717) is 5.92 Å². The summed E-state index contributed by atoms with van der Waals surface area (Å²) in [5.41, 5.74) is 7.74. The van der Waals surface area contributed by atoms with Crippen molar-refractivity contribution in [1.29, 1.82) is 0 Å². The molecule has 1 unspecified atom stereocenters. The fraction of sp³-hybridized carbons (Fsp3) is 0.444. The summed E-state index contributed by atoms with van der Waals surface area (Å²) in [5.74, 6) is 3.19. The molecule has 0 spiro atoms. The summed E-state index contributed by atoms with van der Waals surface area (Å²) in [6.07, 6.45) is 4.91. The summed E-state index contributed by atoms with van der Waals surface area (Å²) in [5, 5.41) is 0. The van der Waals surface area contributed by atoms with Gasteiger partial charge in [0, 0.05) is 18.1 Å². The van der Waals surface area contributed by atoms with Crippen LogP contribution >= 0.6 is 11.8 Å². The molecule has 1 aromatic rings. The smallest absolute Gasteiger partial charge is 0.0503 e. The van der Waals surface area contributed by atoms with Crippen LogP contribution in [0.4, 0.5) is 5.69 Å². The van der Waals surface area contributed by atoms with Gasteiger partial charge >= 0.3 is 0 Å². The van der Waals surface area contributed by atoms with E-state index in [2.05, 4.69) is 4.98 Å². The highest BCUT2D eigenvalue weighted by molar-refractivity contribution is 7.99. The zero-order valence-corrected chi connectivity index (χ0v) is 7.68. The quantitative estimate of drug-likeness (QED) is 0.717. The molecule has 3 heteroatoms. The Morgan fingerprint density at radius 2 is 2.42 bits per heavy atom. The number of nitrogen functional groups attached to an aromatic ring is 1. The van der Waals surface area contributed by atoms with Gasteiger partial charge in [-0.2, -0.15) is 11.8 Å². The zero-order valence-electron chi connectivity index (χ0n) is 6.86. The zero-order chi connectivity index (χ0) is 8.39. The molecular weight excluding hydrogens is 168 g/mol. The number of hydrogen-bond acceptors (Lipinski definition) is 3. The Hall–Kier alpha value is -0.700. The topological polar surface area (TPSA) is 38.9 Å². The van der Waals surface area contributed by atoms with Crippen molar-refractivity contribution < 1.29 is 0 Å². The van der Waals surface area contributed by atoms with Gasteiger partial charge in [0.2, 0.25) is 0 Å². The second-order valence-corrected chi connectivity index (χ2v) is 4.26. The summed E-state index contributed by atoms with van der Waals surface area (Å²) in [6.45, 7) is 0. The van der Waals surface area contributed by atoms with Gasteiger partial charge < -0.3 is 5.73 Å². The molecule has 1 atom stereocenters. The second-order valence-electron chi connectivity index (χ2n) is 3.11. The molecule has 0 aromatic carbocycles. The number of thioether (sulfide) groups is 1. The lowest BCUT2D eigenvalue weighted by Crippen LogP contribution is -1.98. The fourth-order valence-corrected chi connectivity index (χ4v) is 2.76. The first kappa shape index (κ1) is 7.92. The fourth-order valence-electron chi connectivity index (χ4n) is 1.50. The van der Waals surface area contributed by atoms with Crippen LogP contribution in [-0.4, -0.2) is 16.5 Å². The van der Waals surface area contributed by atoms with Crippen molar-refractivity contribution in [1.82, 2.24) is 4.98 Å². The van der Waals surface area contributed by atoms with Gasteiger partial charge in [-0.05, 0) is 29.7 Å². The Morgan fingerprint density at radius 3 is 3.08 bits per heavy atom. The summed E-state index contributed by atoms with van der Waals surface area (Å²) in [4.78, 5) is 4.09. The van der Waals surface area contributed by atoms with Crippen LogP contribution in [0.1, 0.15) is 17.9 Å². The first-order valence-electron chi connectivity index (χ1n) is 4.14. The molecule has 0 amide bonds. The molecule has 12 heavy (non-hydrogen) atoms. The Morgan fingerprint density at radius 1 is 1.50 bits per heavy atom. The first-order chi connectivity index (χ1) is 5.86. The molecule has 2 N–H and O–H groups in total. The van der Waals surface area contributed by atoms with E-state index in [4.69, 9.17) is 5.73 Å². The van der Waals surface area contributed by atoms with Crippen molar-refractivity contribution in [2.75, 3.05) is 17.2 Å². The van der Waals surface area contributed by atoms with Crippen LogP contribution in [0.25, 0.3) is 0 Å². The number of aromatic nitrogens is 1. The SMILES string of the molecule is Nc1cncc(C2CCSC2)c1. The number of nitrogens with zero attached hydrogens (tertiary/aromatic N) is 1. The number of pyridine rings is 1. The van der Waals surface area contributed by atoms with Crippen LogP contribution in [0, 0.1) is 0 Å². The van der Waals surface area contributed by atoms with Gasteiger partial charge in [-0.25, -0.2) is 0 Å². The third kappa shape index (κ3) is 1.55. The summed E-state index contributed by atoms with van der Waals surface area (Å²) in [7, 11) is 0. The predicted octanol–water partition coefficient (Wildman–Crippen LogP) is 1.88. The van der Waals surface area contributed by atoms with Gasteiger partial charge in [0.05, 0.1) is 5.69 Å². The van der Waals surface area contributed by atoms with Gasteiger partial charge in [0.25, 0.3) is 0 Å². The molecule has 2 nitrogen and oxygen atoms in total. The van der Waals surface area contributed by atoms with Crippen molar-refractivity contribution in [2.24, 2.45) is 0 Å². The first-order valence-corrected chi connectivity index (χ1v) is 5.30. The van der Waals surface area contributed by atoms with E-state index in [1.54, 1.807) is 6.20 Å². The Balaban J connectivity index is 2.21. The lowest BCUT2D eigenvalue weighted by atomic mass is 10.0. The maximum Gasteiger partial charge on any atom is 0.0503 e. The highest BCUT2D eigenvalue weighted by atomic mass is 32.2. The minimum atomic E-state index is 0.686. The van der Waals surface area contributed by atoms with Crippen LogP contribution in [0.15, 0.2) is 18.5 Å². The molecular formula is C9H12N2S. The van der Waals surface area contributed by atoms with Crippen molar-refractivity contribution >= 4 is 17.4 Å².